The summed E-state index contributed by atoms with van der Waals surface area (Å²) >= 11 is 0. The fourth-order valence-electron chi connectivity index (χ4n) is 6.94. The third-order valence-electron chi connectivity index (χ3n) is 8.83. The first-order valence-electron chi connectivity index (χ1n) is 15.1. The largest absolute Gasteiger partial charge is 0.391 e. The van der Waals surface area contributed by atoms with Gasteiger partial charge in [0, 0.05) is 24.4 Å². The summed E-state index contributed by atoms with van der Waals surface area (Å²) < 4.78 is 0. The van der Waals surface area contributed by atoms with Gasteiger partial charge in [-0.3, -0.25) is 14.4 Å². The van der Waals surface area contributed by atoms with Crippen LogP contribution in [-0.4, -0.2) is 52.2 Å². The van der Waals surface area contributed by atoms with E-state index in [-0.39, 0.29) is 42.5 Å². The van der Waals surface area contributed by atoms with Crippen LogP contribution in [0.15, 0.2) is 66.7 Å². The molecule has 0 aromatic heterocycles. The number of aliphatic hydroxyl groups is 2. The molecule has 2 bridgehead atoms. The quantitative estimate of drug-likeness (QED) is 0.280. The summed E-state index contributed by atoms with van der Waals surface area (Å²) in [7, 11) is 0. The number of hydrogen-bond donors (Lipinski definition) is 5. The second-order valence-electron chi connectivity index (χ2n) is 13.2. The molecule has 5 N–H and O–H groups in total. The summed E-state index contributed by atoms with van der Waals surface area (Å²) in [4.78, 5) is 40.1. The zero-order valence-corrected chi connectivity index (χ0v) is 24.6. The molecule has 42 heavy (non-hydrogen) atoms. The van der Waals surface area contributed by atoms with E-state index >= 15 is 0 Å². The van der Waals surface area contributed by atoms with Gasteiger partial charge in [-0.25, -0.2) is 0 Å². The topological polar surface area (TPSA) is 128 Å². The number of amides is 3. The molecule has 0 heterocycles. The van der Waals surface area contributed by atoms with Crippen LogP contribution in [0, 0.1) is 29.6 Å². The lowest BCUT2D eigenvalue weighted by molar-refractivity contribution is -0.136. The van der Waals surface area contributed by atoms with Gasteiger partial charge in [0.25, 0.3) is 0 Å². The standard InChI is InChI=1S/C34H43N3O5/c1-34(2,3)37-33(42)29-23-14-13-22(16-23)28(29)32(41)35-19-25(38)17-24(15-20-9-5-4-6-10-20)31(40)36-30-26-12-8-7-11-21(26)18-27(30)39/h4-14,22-25,27-30,38-39H,15-19H2,1-3H3,(H,35,41)(H,36,40)(H,37,42)/t22-,23+,24+,25-,27+,28+,29+,30-/m0/s1. The lowest BCUT2D eigenvalue weighted by Crippen LogP contribution is -2.50. The molecule has 3 aliphatic carbocycles. The first-order chi connectivity index (χ1) is 20.0. The van der Waals surface area contributed by atoms with Crippen LogP contribution in [0.4, 0.5) is 0 Å². The fourth-order valence-corrected chi connectivity index (χ4v) is 6.94. The molecule has 2 aromatic rings. The van der Waals surface area contributed by atoms with E-state index in [2.05, 4.69) is 16.0 Å². The number of fused-ring (bicyclic) bond motifs is 3. The number of rotatable bonds is 10. The van der Waals surface area contributed by atoms with Gasteiger partial charge in [0.05, 0.1) is 30.1 Å². The first-order valence-corrected chi connectivity index (χ1v) is 15.1. The maximum absolute atomic E-state index is 13.6. The summed E-state index contributed by atoms with van der Waals surface area (Å²) in [5.74, 6) is -2.06. The molecule has 1 fully saturated rings. The second-order valence-corrected chi connectivity index (χ2v) is 13.2. The normalized spacial score (nSPS) is 27.3. The van der Waals surface area contributed by atoms with Gasteiger partial charge < -0.3 is 26.2 Å². The average Bonchev–Trinajstić information content (AvgIpc) is 3.64. The smallest absolute Gasteiger partial charge is 0.224 e. The van der Waals surface area contributed by atoms with E-state index in [0.717, 1.165) is 23.1 Å². The molecule has 0 spiro atoms. The van der Waals surface area contributed by atoms with Crippen molar-refractivity contribution in [2.24, 2.45) is 29.6 Å². The SMILES string of the molecule is CC(C)(C)NC(=O)[C@H]1[C@H](C(=O)NC[C@@H](O)C[C@@H](Cc2ccccc2)C(=O)N[C@H]2c3ccccc3C[C@H]2O)[C@H]2C=C[C@@H]1C2. The van der Waals surface area contributed by atoms with Crippen molar-refractivity contribution in [2.75, 3.05) is 6.54 Å². The third-order valence-corrected chi connectivity index (χ3v) is 8.83. The molecule has 3 amide bonds. The lowest BCUT2D eigenvalue weighted by atomic mass is 9.81. The maximum atomic E-state index is 13.6. The van der Waals surface area contributed by atoms with E-state index in [0.29, 0.717) is 12.8 Å². The Hall–Kier alpha value is -3.49. The van der Waals surface area contributed by atoms with E-state index in [4.69, 9.17) is 0 Å². The van der Waals surface area contributed by atoms with Crippen molar-refractivity contribution in [3.05, 3.63) is 83.4 Å². The predicted molar refractivity (Wildman–Crippen MR) is 160 cm³/mol. The monoisotopic (exact) mass is 573 g/mol. The molecule has 0 saturated heterocycles. The van der Waals surface area contributed by atoms with E-state index < -0.39 is 41.5 Å². The minimum atomic E-state index is -0.967. The van der Waals surface area contributed by atoms with Crippen LogP contribution in [0.3, 0.4) is 0 Å². The molecule has 224 valence electrons. The lowest BCUT2D eigenvalue weighted by Gasteiger charge is -2.30. The average molecular weight is 574 g/mol. The maximum Gasteiger partial charge on any atom is 0.224 e. The van der Waals surface area contributed by atoms with Crippen LogP contribution in [0.25, 0.3) is 0 Å². The molecule has 5 rings (SSSR count). The molecular weight excluding hydrogens is 530 g/mol. The molecule has 0 unspecified atom stereocenters. The van der Waals surface area contributed by atoms with Crippen LogP contribution in [0.1, 0.15) is 56.3 Å². The second kappa shape index (κ2) is 12.4. The zero-order chi connectivity index (χ0) is 30.0. The van der Waals surface area contributed by atoms with Crippen molar-refractivity contribution < 1.29 is 24.6 Å². The van der Waals surface area contributed by atoms with Gasteiger partial charge in [-0.2, -0.15) is 0 Å². The van der Waals surface area contributed by atoms with E-state index in [1.807, 2.05) is 87.5 Å². The van der Waals surface area contributed by atoms with Crippen molar-refractivity contribution in [2.45, 2.75) is 70.2 Å². The molecule has 1 saturated carbocycles. The highest BCUT2D eigenvalue weighted by Crippen LogP contribution is 2.48. The van der Waals surface area contributed by atoms with Crippen LogP contribution >= 0.6 is 0 Å². The van der Waals surface area contributed by atoms with Crippen molar-refractivity contribution in [1.29, 1.82) is 0 Å². The van der Waals surface area contributed by atoms with E-state index in [1.165, 1.54) is 0 Å². The Labute approximate surface area is 248 Å². The summed E-state index contributed by atoms with van der Waals surface area (Å²) in [6, 6.07) is 16.8. The minimum Gasteiger partial charge on any atom is -0.391 e. The summed E-state index contributed by atoms with van der Waals surface area (Å²) in [6.45, 7) is 5.76. The Morgan fingerprint density at radius 1 is 0.929 bits per heavy atom. The Kier molecular flexibility index (Phi) is 8.85. The predicted octanol–water partition coefficient (Wildman–Crippen LogP) is 2.84. The number of nitrogens with one attached hydrogen (secondary N) is 3. The Bertz CT molecular complexity index is 1320. The van der Waals surface area contributed by atoms with Crippen LogP contribution in [0.2, 0.25) is 0 Å². The number of hydrogen-bond acceptors (Lipinski definition) is 5. The number of aliphatic hydroxyl groups excluding tert-OH is 2. The number of carbonyl (C=O) groups is 3. The van der Waals surface area contributed by atoms with Gasteiger partial charge in [-0.05, 0) is 68.6 Å². The Morgan fingerprint density at radius 2 is 1.57 bits per heavy atom. The van der Waals surface area contributed by atoms with Gasteiger partial charge in [0.2, 0.25) is 17.7 Å². The van der Waals surface area contributed by atoms with Gasteiger partial charge in [0.1, 0.15) is 0 Å². The Morgan fingerprint density at radius 3 is 2.26 bits per heavy atom. The summed E-state index contributed by atoms with van der Waals surface area (Å²) in [6.07, 6.45) is 4.19. The van der Waals surface area contributed by atoms with Crippen LogP contribution < -0.4 is 16.0 Å². The van der Waals surface area contributed by atoms with Crippen LogP contribution in [-0.2, 0) is 27.2 Å². The molecule has 2 aromatic carbocycles. The zero-order valence-electron chi connectivity index (χ0n) is 24.6. The highest BCUT2D eigenvalue weighted by Gasteiger charge is 2.51. The molecule has 3 aliphatic rings. The van der Waals surface area contributed by atoms with Crippen LogP contribution in [0.5, 0.6) is 0 Å². The number of allylic oxidation sites excluding steroid dienone is 2. The summed E-state index contributed by atoms with van der Waals surface area (Å²) in [5, 5.41) is 30.7. The van der Waals surface area contributed by atoms with Gasteiger partial charge in [-0.15, -0.1) is 0 Å². The van der Waals surface area contributed by atoms with Crippen molar-refractivity contribution in [3.63, 3.8) is 0 Å². The minimum absolute atomic E-state index is 0.000171. The highest BCUT2D eigenvalue weighted by atomic mass is 16.3. The van der Waals surface area contributed by atoms with Crippen molar-refractivity contribution >= 4 is 17.7 Å². The van der Waals surface area contributed by atoms with Gasteiger partial charge in [-0.1, -0.05) is 66.7 Å². The van der Waals surface area contributed by atoms with Gasteiger partial charge >= 0.3 is 0 Å². The fraction of sp³-hybridized carbons (Fsp3) is 0.500. The third kappa shape index (κ3) is 6.76. The molecule has 8 heteroatoms. The summed E-state index contributed by atoms with van der Waals surface area (Å²) in [5.41, 5.74) is 2.49. The highest BCUT2D eigenvalue weighted by molar-refractivity contribution is 5.90. The molecule has 0 aliphatic heterocycles. The number of carbonyl (C=O) groups excluding carboxylic acids is 3. The van der Waals surface area contributed by atoms with Crippen molar-refractivity contribution in [1.82, 2.24) is 16.0 Å². The molecule has 8 nitrogen and oxygen atoms in total. The molecule has 0 radical (unpaired) electrons. The van der Waals surface area contributed by atoms with Crippen molar-refractivity contribution in [3.8, 4) is 0 Å². The molecule has 8 atom stereocenters. The first kappa shape index (κ1) is 30.0. The number of benzene rings is 2. The van der Waals surface area contributed by atoms with E-state index in [9.17, 15) is 24.6 Å². The van der Waals surface area contributed by atoms with E-state index in [1.54, 1.807) is 0 Å². The Balaban J connectivity index is 1.23. The van der Waals surface area contributed by atoms with Gasteiger partial charge in [0.15, 0.2) is 0 Å². The molecular formula is C34H43N3O5.